The quantitative estimate of drug-likeness (QED) is 0.298. The van der Waals surface area contributed by atoms with Gasteiger partial charge in [-0.2, -0.15) is 0 Å². The van der Waals surface area contributed by atoms with E-state index in [-0.39, 0.29) is 31.6 Å². The van der Waals surface area contributed by atoms with Gasteiger partial charge in [-0.15, -0.1) is 0 Å². The van der Waals surface area contributed by atoms with E-state index < -0.39 is 0 Å². The maximum absolute atomic E-state index is 5.18. The normalized spacial score (nSPS) is 13.1. The van der Waals surface area contributed by atoms with Crippen molar-refractivity contribution in [1.82, 2.24) is 0 Å². The standard InChI is InChI=1S/C11H28O4Si2/c1-12-10(13-2)8-16-6-5-7-17-9-11(14-3)15-4/h10-11H,5-9,16-17H2,1-4H3. The van der Waals surface area contributed by atoms with E-state index in [0.29, 0.717) is 0 Å². The molecule has 17 heavy (non-hydrogen) atoms. The second kappa shape index (κ2) is 12.7. The molecular weight excluding hydrogens is 252 g/mol. The van der Waals surface area contributed by atoms with Gasteiger partial charge in [-0.05, 0) is 12.1 Å². The van der Waals surface area contributed by atoms with Crippen LogP contribution in [-0.4, -0.2) is 60.1 Å². The molecule has 6 heteroatoms. The molecule has 0 aromatic carbocycles. The lowest BCUT2D eigenvalue weighted by Gasteiger charge is -2.13. The van der Waals surface area contributed by atoms with Crippen LogP contribution in [0, 0.1) is 0 Å². The highest BCUT2D eigenvalue weighted by atomic mass is 28.2. The lowest BCUT2D eigenvalue weighted by atomic mass is 10.6. The van der Waals surface area contributed by atoms with Crippen LogP contribution in [0.3, 0.4) is 0 Å². The molecule has 0 spiro atoms. The van der Waals surface area contributed by atoms with Gasteiger partial charge in [-0.1, -0.05) is 18.5 Å². The van der Waals surface area contributed by atoms with E-state index in [1.54, 1.807) is 28.4 Å². The molecule has 0 saturated heterocycles. The summed E-state index contributed by atoms with van der Waals surface area (Å²) in [5, 5.41) is 0. The van der Waals surface area contributed by atoms with Crippen molar-refractivity contribution in [2.75, 3.05) is 28.4 Å². The zero-order valence-electron chi connectivity index (χ0n) is 11.7. The molecule has 0 aliphatic heterocycles. The third-order valence-corrected chi connectivity index (χ3v) is 6.69. The highest BCUT2D eigenvalue weighted by Gasteiger charge is 2.06. The zero-order chi connectivity index (χ0) is 12.9. The van der Waals surface area contributed by atoms with E-state index in [2.05, 4.69) is 0 Å². The minimum absolute atomic E-state index is 0.00618. The predicted octanol–water partition coefficient (Wildman–Crippen LogP) is 0.625. The van der Waals surface area contributed by atoms with Crippen LogP contribution in [0.1, 0.15) is 6.42 Å². The third-order valence-electron chi connectivity index (χ3n) is 2.93. The van der Waals surface area contributed by atoms with Gasteiger partial charge in [0.2, 0.25) is 0 Å². The molecule has 0 heterocycles. The molecule has 4 nitrogen and oxygen atoms in total. The zero-order valence-corrected chi connectivity index (χ0v) is 14.6. The number of hydrogen-bond donors (Lipinski definition) is 0. The fourth-order valence-corrected chi connectivity index (χ4v) is 6.12. The van der Waals surface area contributed by atoms with Gasteiger partial charge in [0.1, 0.15) is 0 Å². The molecule has 0 unspecified atom stereocenters. The van der Waals surface area contributed by atoms with Crippen LogP contribution in [-0.2, 0) is 18.9 Å². The summed E-state index contributed by atoms with van der Waals surface area (Å²) in [6.07, 6.45) is 1.44. The Morgan fingerprint density at radius 3 is 1.35 bits per heavy atom. The summed E-state index contributed by atoms with van der Waals surface area (Å²) in [6, 6.07) is 5.07. The molecule has 0 radical (unpaired) electrons. The van der Waals surface area contributed by atoms with Gasteiger partial charge >= 0.3 is 0 Å². The van der Waals surface area contributed by atoms with Crippen LogP contribution < -0.4 is 0 Å². The Kier molecular flexibility index (Phi) is 12.9. The van der Waals surface area contributed by atoms with Gasteiger partial charge in [0, 0.05) is 47.5 Å². The highest BCUT2D eigenvalue weighted by molar-refractivity contribution is 6.37. The van der Waals surface area contributed by atoms with Crippen molar-refractivity contribution in [1.29, 1.82) is 0 Å². The minimum Gasteiger partial charge on any atom is -0.356 e. The van der Waals surface area contributed by atoms with Crippen molar-refractivity contribution in [2.24, 2.45) is 0 Å². The Balaban J connectivity index is 3.23. The molecule has 0 atom stereocenters. The average molecular weight is 281 g/mol. The SMILES string of the molecule is COC(C[SiH2]CCC[SiH2]CC(OC)OC)OC. The van der Waals surface area contributed by atoms with Crippen molar-refractivity contribution in [3.8, 4) is 0 Å². The lowest BCUT2D eigenvalue weighted by Crippen LogP contribution is -2.15. The monoisotopic (exact) mass is 280 g/mol. The summed E-state index contributed by atoms with van der Waals surface area (Å²) in [5.41, 5.74) is 0. The molecule has 0 saturated carbocycles. The summed E-state index contributed by atoms with van der Waals surface area (Å²) < 4.78 is 20.7. The minimum atomic E-state index is -0.00618. The second-order valence-electron chi connectivity index (χ2n) is 4.15. The van der Waals surface area contributed by atoms with Gasteiger partial charge in [0.05, 0.1) is 0 Å². The third kappa shape index (κ3) is 9.93. The van der Waals surface area contributed by atoms with Crippen LogP contribution in [0.2, 0.25) is 24.2 Å². The van der Waals surface area contributed by atoms with Gasteiger partial charge < -0.3 is 18.9 Å². The Morgan fingerprint density at radius 1 is 0.706 bits per heavy atom. The topological polar surface area (TPSA) is 36.9 Å². The number of rotatable bonds is 12. The fraction of sp³-hybridized carbons (Fsp3) is 1.00. The van der Waals surface area contributed by atoms with Crippen molar-refractivity contribution in [3.05, 3.63) is 0 Å². The molecular formula is C11H28O4Si2. The molecule has 0 aromatic rings. The summed E-state index contributed by atoms with van der Waals surface area (Å²) in [5.74, 6) is 0. The Hall–Kier alpha value is 0.274. The first kappa shape index (κ1) is 17.3. The molecule has 0 N–H and O–H groups in total. The summed E-state index contributed by atoms with van der Waals surface area (Å²) in [6.45, 7) is 0. The lowest BCUT2D eigenvalue weighted by molar-refractivity contribution is -0.0877. The van der Waals surface area contributed by atoms with Crippen molar-refractivity contribution < 1.29 is 18.9 Å². The maximum Gasteiger partial charge on any atom is 0.153 e. The van der Waals surface area contributed by atoms with E-state index in [1.807, 2.05) is 0 Å². The van der Waals surface area contributed by atoms with Crippen molar-refractivity contribution in [2.45, 2.75) is 43.2 Å². The fourth-order valence-electron chi connectivity index (χ4n) is 1.82. The predicted molar refractivity (Wildman–Crippen MR) is 76.5 cm³/mol. The van der Waals surface area contributed by atoms with Gasteiger partial charge in [0.15, 0.2) is 12.6 Å². The Labute approximate surface area is 110 Å². The first-order valence-electron chi connectivity index (χ1n) is 6.39. The number of methoxy groups -OCH3 is 4. The van der Waals surface area contributed by atoms with Crippen LogP contribution in [0.25, 0.3) is 0 Å². The number of hydrogen-bond acceptors (Lipinski definition) is 4. The van der Waals surface area contributed by atoms with E-state index in [1.165, 1.54) is 18.5 Å². The summed E-state index contributed by atoms with van der Waals surface area (Å²) in [7, 11) is 6.84. The molecule has 0 amide bonds. The summed E-state index contributed by atoms with van der Waals surface area (Å²) in [4.78, 5) is 0. The van der Waals surface area contributed by atoms with E-state index in [9.17, 15) is 0 Å². The smallest absolute Gasteiger partial charge is 0.153 e. The van der Waals surface area contributed by atoms with Crippen LogP contribution in [0.5, 0.6) is 0 Å². The first-order valence-corrected chi connectivity index (χ1v) is 10.4. The van der Waals surface area contributed by atoms with Crippen LogP contribution in [0.4, 0.5) is 0 Å². The van der Waals surface area contributed by atoms with Crippen LogP contribution >= 0.6 is 0 Å². The molecule has 0 fully saturated rings. The Morgan fingerprint density at radius 2 is 1.06 bits per heavy atom. The van der Waals surface area contributed by atoms with E-state index >= 15 is 0 Å². The van der Waals surface area contributed by atoms with Crippen molar-refractivity contribution >= 4 is 19.0 Å². The molecule has 104 valence electrons. The highest BCUT2D eigenvalue weighted by Crippen LogP contribution is 2.06. The maximum atomic E-state index is 5.18. The largest absolute Gasteiger partial charge is 0.356 e. The van der Waals surface area contributed by atoms with E-state index in [4.69, 9.17) is 18.9 Å². The van der Waals surface area contributed by atoms with Crippen molar-refractivity contribution in [3.63, 3.8) is 0 Å². The summed E-state index contributed by atoms with van der Waals surface area (Å²) >= 11 is 0. The number of ether oxygens (including phenoxy) is 4. The second-order valence-corrected chi connectivity index (χ2v) is 8.13. The molecule has 0 aromatic heterocycles. The average Bonchev–Trinajstić information content (AvgIpc) is 2.37. The Bertz CT molecular complexity index is 136. The van der Waals surface area contributed by atoms with E-state index in [0.717, 1.165) is 12.1 Å². The molecule has 0 aliphatic carbocycles. The van der Waals surface area contributed by atoms with Gasteiger partial charge in [0.25, 0.3) is 0 Å². The molecule has 0 bridgehead atoms. The van der Waals surface area contributed by atoms with Crippen LogP contribution in [0.15, 0.2) is 0 Å². The first-order chi connectivity index (χ1) is 8.28. The van der Waals surface area contributed by atoms with Gasteiger partial charge in [-0.3, -0.25) is 0 Å². The molecule has 0 rings (SSSR count). The van der Waals surface area contributed by atoms with Gasteiger partial charge in [-0.25, -0.2) is 0 Å². The molecule has 0 aliphatic rings.